The number of carbonyl (C=O) groups excluding carboxylic acids is 1. The molecule has 1 aliphatic rings. The Kier molecular flexibility index (Phi) is 7.79. The van der Waals surface area contributed by atoms with E-state index in [1.54, 1.807) is 12.1 Å². The van der Waals surface area contributed by atoms with Gasteiger partial charge in [-0.1, -0.05) is 12.8 Å². The Balaban J connectivity index is 1.68. The number of methoxy groups -OCH3 is 1. The van der Waals surface area contributed by atoms with E-state index in [-0.39, 0.29) is 35.2 Å². The number of nitrogens with zero attached hydrogens (tertiary/aromatic N) is 3. The lowest BCUT2D eigenvalue weighted by atomic mass is 9.91. The monoisotopic (exact) mass is 507 g/mol. The maximum atomic E-state index is 14.8. The summed E-state index contributed by atoms with van der Waals surface area (Å²) in [6.45, 7) is -2.45. The summed E-state index contributed by atoms with van der Waals surface area (Å²) in [4.78, 5) is 16.3. The molecule has 0 radical (unpaired) electrons. The molecule has 194 valence electrons. The molecular weight excluding hydrogens is 479 g/mol. The molecule has 1 saturated carbocycles. The summed E-state index contributed by atoms with van der Waals surface area (Å²) >= 11 is 0. The third-order valence-corrected chi connectivity index (χ3v) is 6.07. The number of carbonyl (C=O) groups is 1. The average Bonchev–Trinajstić information content (AvgIpc) is 3.16. The number of anilines is 3. The van der Waals surface area contributed by atoms with Crippen LogP contribution in [0.2, 0.25) is 0 Å². The number of halogens is 3. The number of nitrogens with one attached hydrogen (secondary N) is 2. The minimum absolute atomic E-state index is 0.00164. The van der Waals surface area contributed by atoms with Gasteiger partial charge in [0, 0.05) is 24.9 Å². The van der Waals surface area contributed by atoms with Crippen molar-refractivity contribution >= 4 is 34.1 Å². The van der Waals surface area contributed by atoms with Crippen LogP contribution in [0.3, 0.4) is 0 Å². The number of hydrogen-bond acceptors (Lipinski definition) is 8. The van der Waals surface area contributed by atoms with Crippen LogP contribution in [0.5, 0.6) is 5.88 Å². The van der Waals surface area contributed by atoms with E-state index in [1.807, 2.05) is 0 Å². The maximum Gasteiger partial charge on any atom is 0.388 e. The van der Waals surface area contributed by atoms with Gasteiger partial charge in [-0.2, -0.15) is 8.78 Å². The van der Waals surface area contributed by atoms with Crippen molar-refractivity contribution in [2.45, 2.75) is 50.9 Å². The van der Waals surface area contributed by atoms with Crippen molar-refractivity contribution in [2.75, 3.05) is 24.4 Å². The first-order valence-corrected chi connectivity index (χ1v) is 11.5. The van der Waals surface area contributed by atoms with Crippen molar-refractivity contribution in [1.29, 1.82) is 0 Å². The second kappa shape index (κ2) is 11.0. The smallest absolute Gasteiger partial charge is 0.388 e. The molecule has 13 heteroatoms. The van der Waals surface area contributed by atoms with Gasteiger partial charge in [-0.3, -0.25) is 9.48 Å². The van der Waals surface area contributed by atoms with E-state index < -0.39 is 18.3 Å². The molecule has 0 saturated heterocycles. The number of hydrogen-bond donors (Lipinski definition) is 4. The SMILES string of the molecule is COCCn1nc(OC(F)F)c2cc(Nc3nc(N[C@@H]4CCCC[C@@H]4N)c(F)cc3C(N)=O)ccc21. The van der Waals surface area contributed by atoms with Crippen LogP contribution < -0.4 is 26.8 Å². The van der Waals surface area contributed by atoms with Gasteiger partial charge in [0.2, 0.25) is 5.88 Å². The first-order valence-electron chi connectivity index (χ1n) is 11.5. The first-order chi connectivity index (χ1) is 17.3. The van der Waals surface area contributed by atoms with Crippen LogP contribution in [0.15, 0.2) is 24.3 Å². The zero-order valence-corrected chi connectivity index (χ0v) is 19.6. The summed E-state index contributed by atoms with van der Waals surface area (Å²) in [5.74, 6) is -1.97. The number of fused-ring (bicyclic) bond motifs is 1. The molecule has 2 heterocycles. The third kappa shape index (κ3) is 5.62. The number of rotatable bonds is 10. The molecule has 0 bridgehead atoms. The molecule has 0 spiro atoms. The highest BCUT2D eigenvalue weighted by atomic mass is 19.3. The molecule has 2 atom stereocenters. The van der Waals surface area contributed by atoms with Gasteiger partial charge in [0.05, 0.1) is 29.6 Å². The fraction of sp³-hybridized carbons (Fsp3) is 0.435. The van der Waals surface area contributed by atoms with Crippen molar-refractivity contribution in [1.82, 2.24) is 14.8 Å². The minimum Gasteiger partial charge on any atom is -0.415 e. The van der Waals surface area contributed by atoms with Crippen LogP contribution in [0.1, 0.15) is 36.0 Å². The Morgan fingerprint density at radius 3 is 2.72 bits per heavy atom. The van der Waals surface area contributed by atoms with Gasteiger partial charge in [0.15, 0.2) is 11.6 Å². The minimum atomic E-state index is -3.07. The number of amides is 1. The number of ether oxygens (including phenoxy) is 2. The summed E-state index contributed by atoms with van der Waals surface area (Å²) in [5.41, 5.74) is 12.4. The zero-order valence-electron chi connectivity index (χ0n) is 19.6. The van der Waals surface area contributed by atoms with E-state index in [4.69, 9.17) is 16.2 Å². The van der Waals surface area contributed by atoms with Crippen molar-refractivity contribution in [3.63, 3.8) is 0 Å². The predicted octanol–water partition coefficient (Wildman–Crippen LogP) is 3.34. The largest absolute Gasteiger partial charge is 0.415 e. The molecule has 36 heavy (non-hydrogen) atoms. The van der Waals surface area contributed by atoms with E-state index in [0.29, 0.717) is 29.7 Å². The first kappa shape index (κ1) is 25.5. The lowest BCUT2D eigenvalue weighted by Gasteiger charge is -2.30. The lowest BCUT2D eigenvalue weighted by Crippen LogP contribution is -2.43. The van der Waals surface area contributed by atoms with Gasteiger partial charge >= 0.3 is 6.61 Å². The molecule has 1 amide bonds. The van der Waals surface area contributed by atoms with Crippen LogP contribution in [-0.4, -0.2) is 53.1 Å². The molecule has 0 aliphatic heterocycles. The van der Waals surface area contributed by atoms with E-state index in [9.17, 15) is 18.0 Å². The number of benzene rings is 1. The van der Waals surface area contributed by atoms with Crippen molar-refractivity contribution in [3.8, 4) is 5.88 Å². The van der Waals surface area contributed by atoms with E-state index in [0.717, 1.165) is 31.7 Å². The number of pyridine rings is 1. The summed E-state index contributed by atoms with van der Waals surface area (Å²) in [6.07, 6.45) is 3.53. The highest BCUT2D eigenvalue weighted by molar-refractivity contribution is 5.99. The average molecular weight is 508 g/mol. The van der Waals surface area contributed by atoms with Crippen molar-refractivity contribution in [3.05, 3.63) is 35.6 Å². The standard InChI is InChI=1S/C23H28F3N7O3/c1-35-9-8-33-18-7-6-12(10-13(18)22(32-33)36-23(25)26)29-20-14(19(28)34)11-15(24)21(31-20)30-17-5-3-2-4-16(17)27/h6-7,10-11,16-17,23H,2-5,8-9,27H2,1H3,(H2,28,34)(H2,29,30,31)/t16-,17+/m0/s1. The van der Waals surface area contributed by atoms with Gasteiger partial charge in [-0.15, -0.1) is 5.10 Å². The number of nitrogens with two attached hydrogens (primary N) is 2. The summed E-state index contributed by atoms with van der Waals surface area (Å²) in [7, 11) is 1.52. The highest BCUT2D eigenvalue weighted by Crippen LogP contribution is 2.32. The molecule has 3 aromatic rings. The molecule has 2 aromatic heterocycles. The molecule has 1 fully saturated rings. The quantitative estimate of drug-likeness (QED) is 0.327. The molecule has 0 unspecified atom stereocenters. The molecule has 4 rings (SSSR count). The normalized spacial score (nSPS) is 17.9. The van der Waals surface area contributed by atoms with Crippen LogP contribution in [0.4, 0.5) is 30.5 Å². The highest BCUT2D eigenvalue weighted by Gasteiger charge is 2.25. The number of primary amides is 1. The van der Waals surface area contributed by atoms with Gasteiger partial charge in [-0.05, 0) is 37.1 Å². The Labute approximate surface area is 205 Å². The predicted molar refractivity (Wildman–Crippen MR) is 128 cm³/mol. The van der Waals surface area contributed by atoms with E-state index >= 15 is 0 Å². The topological polar surface area (TPSA) is 142 Å². The fourth-order valence-corrected chi connectivity index (χ4v) is 4.27. The van der Waals surface area contributed by atoms with Gasteiger partial charge in [0.25, 0.3) is 5.91 Å². The number of aromatic nitrogens is 3. The fourth-order valence-electron chi connectivity index (χ4n) is 4.27. The lowest BCUT2D eigenvalue weighted by molar-refractivity contribution is -0.0523. The Hall–Kier alpha value is -3.58. The molecule has 6 N–H and O–H groups in total. The summed E-state index contributed by atoms with van der Waals surface area (Å²) < 4.78 is 51.9. The van der Waals surface area contributed by atoms with Crippen LogP contribution >= 0.6 is 0 Å². The number of alkyl halides is 2. The van der Waals surface area contributed by atoms with Gasteiger partial charge < -0.3 is 31.6 Å². The third-order valence-electron chi connectivity index (χ3n) is 6.07. The Morgan fingerprint density at radius 2 is 2.03 bits per heavy atom. The van der Waals surface area contributed by atoms with Crippen molar-refractivity contribution < 1.29 is 27.4 Å². The molecule has 10 nitrogen and oxygen atoms in total. The zero-order chi connectivity index (χ0) is 25.8. The van der Waals surface area contributed by atoms with Gasteiger partial charge in [0.1, 0.15) is 5.82 Å². The van der Waals surface area contributed by atoms with Gasteiger partial charge in [-0.25, -0.2) is 9.37 Å². The second-order valence-corrected chi connectivity index (χ2v) is 8.53. The second-order valence-electron chi connectivity index (χ2n) is 8.53. The van der Waals surface area contributed by atoms with E-state index in [1.165, 1.54) is 17.9 Å². The molecular formula is C23H28F3N7O3. The van der Waals surface area contributed by atoms with Crippen LogP contribution in [0, 0.1) is 5.82 Å². The molecule has 1 aromatic carbocycles. The Morgan fingerprint density at radius 1 is 1.25 bits per heavy atom. The van der Waals surface area contributed by atoms with Crippen LogP contribution in [-0.2, 0) is 11.3 Å². The summed E-state index contributed by atoms with van der Waals surface area (Å²) in [6, 6.07) is 5.48. The van der Waals surface area contributed by atoms with Crippen LogP contribution in [0.25, 0.3) is 10.9 Å². The summed E-state index contributed by atoms with van der Waals surface area (Å²) in [5, 5.41) is 10.4. The maximum absolute atomic E-state index is 14.8. The molecule has 1 aliphatic carbocycles. The van der Waals surface area contributed by atoms with Crippen molar-refractivity contribution in [2.24, 2.45) is 11.5 Å². The van der Waals surface area contributed by atoms with E-state index in [2.05, 4.69) is 25.5 Å². The Bertz CT molecular complexity index is 1240.